The number of rotatable bonds is 2. The van der Waals surface area contributed by atoms with Gasteiger partial charge in [0.2, 0.25) is 0 Å². The third-order valence-electron chi connectivity index (χ3n) is 4.10. The van der Waals surface area contributed by atoms with Crippen LogP contribution in [0.4, 0.5) is 4.79 Å². The molecule has 1 amide bonds. The van der Waals surface area contributed by atoms with Crippen LogP contribution in [-0.2, 0) is 4.74 Å². The molecule has 0 heterocycles. The summed E-state index contributed by atoms with van der Waals surface area (Å²) < 4.78 is 5.28. The molecule has 0 aliphatic heterocycles. The number of nitrogens with one attached hydrogen (secondary N) is 2. The average Bonchev–Trinajstić information content (AvgIpc) is 2.89. The summed E-state index contributed by atoms with van der Waals surface area (Å²) in [6.45, 7) is 5.65. The van der Waals surface area contributed by atoms with Crippen molar-refractivity contribution in [2.24, 2.45) is 11.3 Å². The first-order valence-electron chi connectivity index (χ1n) is 6.80. The lowest BCUT2D eigenvalue weighted by Crippen LogP contribution is -2.40. The van der Waals surface area contributed by atoms with Crippen LogP contribution in [0, 0.1) is 5.41 Å². The van der Waals surface area contributed by atoms with Crippen molar-refractivity contribution in [3.63, 3.8) is 0 Å². The summed E-state index contributed by atoms with van der Waals surface area (Å²) in [4.78, 5) is 11.7. The fourth-order valence-corrected chi connectivity index (χ4v) is 2.91. The van der Waals surface area contributed by atoms with E-state index in [1.807, 2.05) is 20.8 Å². The zero-order valence-electron chi connectivity index (χ0n) is 11.6. The largest absolute Gasteiger partial charge is 0.444 e. The highest BCUT2D eigenvalue weighted by Gasteiger charge is 2.55. The molecule has 2 aliphatic rings. The highest BCUT2D eigenvalue weighted by molar-refractivity contribution is 5.68. The van der Waals surface area contributed by atoms with E-state index in [4.69, 9.17) is 10.6 Å². The van der Waals surface area contributed by atoms with E-state index < -0.39 is 5.60 Å². The number of hydrogen-bond donors (Lipinski definition) is 3. The Morgan fingerprint density at radius 1 is 1.33 bits per heavy atom. The molecule has 0 radical (unpaired) electrons. The standard InChI is InChI=1S/C13H25N3O2/c1-12(2,3)18-11(17)15-10-8-13(10)6-4-9(16-14)5-7-13/h9-10,16H,4-8,14H2,1-3H3,(H,15,17). The molecule has 0 saturated heterocycles. The van der Waals surface area contributed by atoms with Crippen LogP contribution in [-0.4, -0.2) is 23.8 Å². The molecule has 1 atom stereocenters. The van der Waals surface area contributed by atoms with Crippen molar-refractivity contribution in [2.75, 3.05) is 0 Å². The summed E-state index contributed by atoms with van der Waals surface area (Å²) >= 11 is 0. The van der Waals surface area contributed by atoms with Crippen molar-refractivity contribution >= 4 is 6.09 Å². The Hall–Kier alpha value is -0.810. The predicted octanol–water partition coefficient (Wildman–Crippen LogP) is 1.68. The zero-order chi connectivity index (χ0) is 13.4. The van der Waals surface area contributed by atoms with Crippen molar-refractivity contribution in [1.82, 2.24) is 10.7 Å². The van der Waals surface area contributed by atoms with E-state index in [-0.39, 0.29) is 6.09 Å². The Balaban J connectivity index is 1.76. The molecular weight excluding hydrogens is 230 g/mol. The number of ether oxygens (including phenoxy) is 1. The molecule has 2 fully saturated rings. The van der Waals surface area contributed by atoms with Crippen molar-refractivity contribution in [1.29, 1.82) is 0 Å². The molecule has 0 aromatic rings. The van der Waals surface area contributed by atoms with E-state index in [0.29, 0.717) is 17.5 Å². The maximum absolute atomic E-state index is 11.7. The minimum absolute atomic E-state index is 0.288. The number of hydrogen-bond acceptors (Lipinski definition) is 4. The van der Waals surface area contributed by atoms with E-state index in [1.165, 1.54) is 0 Å². The highest BCUT2D eigenvalue weighted by Crippen LogP contribution is 2.56. The molecule has 1 spiro atoms. The Labute approximate surface area is 109 Å². The van der Waals surface area contributed by atoms with Gasteiger partial charge in [-0.05, 0) is 58.3 Å². The molecule has 2 aliphatic carbocycles. The van der Waals surface area contributed by atoms with Crippen molar-refractivity contribution in [3.05, 3.63) is 0 Å². The first-order chi connectivity index (χ1) is 8.35. The summed E-state index contributed by atoms with van der Waals surface area (Å²) in [5.74, 6) is 5.46. The van der Waals surface area contributed by atoms with Crippen LogP contribution in [0.3, 0.4) is 0 Å². The molecule has 2 rings (SSSR count). The lowest BCUT2D eigenvalue weighted by Gasteiger charge is -2.29. The van der Waals surface area contributed by atoms with Gasteiger partial charge in [0.15, 0.2) is 0 Å². The molecule has 0 aromatic heterocycles. The lowest BCUT2D eigenvalue weighted by atomic mass is 9.83. The van der Waals surface area contributed by atoms with Crippen LogP contribution >= 0.6 is 0 Å². The van der Waals surface area contributed by atoms with E-state index in [1.54, 1.807) is 0 Å². The molecule has 5 nitrogen and oxygen atoms in total. The lowest BCUT2D eigenvalue weighted by molar-refractivity contribution is 0.0512. The SMILES string of the molecule is CC(C)(C)OC(=O)NC1CC12CCC(NN)CC2. The highest BCUT2D eigenvalue weighted by atomic mass is 16.6. The number of nitrogens with two attached hydrogens (primary N) is 1. The van der Waals surface area contributed by atoms with E-state index in [0.717, 1.165) is 32.1 Å². The van der Waals surface area contributed by atoms with Crippen LogP contribution in [0.1, 0.15) is 52.9 Å². The van der Waals surface area contributed by atoms with E-state index in [9.17, 15) is 4.79 Å². The second kappa shape index (κ2) is 4.70. The van der Waals surface area contributed by atoms with Crippen LogP contribution in [0.25, 0.3) is 0 Å². The summed E-state index contributed by atoms with van der Waals surface area (Å²) in [6, 6.07) is 0.740. The Bertz CT molecular complexity index is 317. The van der Waals surface area contributed by atoms with Gasteiger partial charge in [-0.3, -0.25) is 11.3 Å². The Morgan fingerprint density at radius 3 is 2.44 bits per heavy atom. The Morgan fingerprint density at radius 2 is 1.94 bits per heavy atom. The van der Waals surface area contributed by atoms with Gasteiger partial charge in [-0.15, -0.1) is 0 Å². The monoisotopic (exact) mass is 255 g/mol. The smallest absolute Gasteiger partial charge is 0.407 e. The third-order valence-corrected chi connectivity index (χ3v) is 4.10. The van der Waals surface area contributed by atoms with Crippen molar-refractivity contribution < 1.29 is 9.53 Å². The number of carbonyl (C=O) groups is 1. The van der Waals surface area contributed by atoms with Crippen LogP contribution in [0.5, 0.6) is 0 Å². The quantitative estimate of drug-likeness (QED) is 0.518. The average molecular weight is 255 g/mol. The third kappa shape index (κ3) is 3.14. The zero-order valence-corrected chi connectivity index (χ0v) is 11.6. The predicted molar refractivity (Wildman–Crippen MR) is 69.8 cm³/mol. The van der Waals surface area contributed by atoms with Gasteiger partial charge in [-0.25, -0.2) is 4.79 Å². The summed E-state index contributed by atoms with van der Waals surface area (Å²) in [5, 5.41) is 2.99. The van der Waals surface area contributed by atoms with Gasteiger partial charge in [-0.2, -0.15) is 0 Å². The van der Waals surface area contributed by atoms with E-state index in [2.05, 4.69) is 10.7 Å². The normalized spacial score (nSPS) is 35.3. The fourth-order valence-electron chi connectivity index (χ4n) is 2.91. The number of hydrazine groups is 1. The fraction of sp³-hybridized carbons (Fsp3) is 0.923. The number of alkyl carbamates (subject to hydrolysis) is 1. The van der Waals surface area contributed by atoms with Crippen molar-refractivity contribution in [3.8, 4) is 0 Å². The molecule has 0 aromatic carbocycles. The molecule has 4 N–H and O–H groups in total. The summed E-state index contributed by atoms with van der Waals surface area (Å²) in [6.07, 6.45) is 5.28. The maximum atomic E-state index is 11.7. The molecule has 18 heavy (non-hydrogen) atoms. The number of amides is 1. The second-order valence-corrected chi connectivity index (χ2v) is 6.71. The van der Waals surface area contributed by atoms with Crippen LogP contribution in [0.2, 0.25) is 0 Å². The topological polar surface area (TPSA) is 76.4 Å². The number of carbonyl (C=O) groups excluding carboxylic acids is 1. The summed E-state index contributed by atoms with van der Waals surface area (Å²) in [5.41, 5.74) is 2.74. The Kier molecular flexibility index (Phi) is 3.56. The van der Waals surface area contributed by atoms with Crippen LogP contribution < -0.4 is 16.6 Å². The van der Waals surface area contributed by atoms with Gasteiger partial charge in [-0.1, -0.05) is 0 Å². The van der Waals surface area contributed by atoms with Gasteiger partial charge in [0.1, 0.15) is 5.60 Å². The maximum Gasteiger partial charge on any atom is 0.407 e. The molecular formula is C13H25N3O2. The molecule has 104 valence electrons. The van der Waals surface area contributed by atoms with E-state index >= 15 is 0 Å². The molecule has 0 bridgehead atoms. The van der Waals surface area contributed by atoms with Crippen LogP contribution in [0.15, 0.2) is 0 Å². The minimum atomic E-state index is -0.423. The van der Waals surface area contributed by atoms with Crippen molar-refractivity contribution in [2.45, 2.75) is 70.6 Å². The first kappa shape index (κ1) is 13.6. The molecule has 1 unspecified atom stereocenters. The minimum Gasteiger partial charge on any atom is -0.444 e. The van der Waals surface area contributed by atoms with Gasteiger partial charge in [0, 0.05) is 12.1 Å². The van der Waals surface area contributed by atoms with Gasteiger partial charge in [0.25, 0.3) is 0 Å². The van der Waals surface area contributed by atoms with Gasteiger partial charge < -0.3 is 10.1 Å². The summed E-state index contributed by atoms with van der Waals surface area (Å²) in [7, 11) is 0. The van der Waals surface area contributed by atoms with Gasteiger partial charge >= 0.3 is 6.09 Å². The first-order valence-corrected chi connectivity index (χ1v) is 6.80. The molecule has 2 saturated carbocycles. The van der Waals surface area contributed by atoms with Gasteiger partial charge in [0.05, 0.1) is 0 Å². The molecule has 5 heteroatoms. The second-order valence-electron chi connectivity index (χ2n) is 6.71.